The van der Waals surface area contributed by atoms with Crippen molar-refractivity contribution in [3.8, 4) is 5.75 Å². The Balaban J connectivity index is 1.57. The van der Waals surface area contributed by atoms with Gasteiger partial charge in [0.25, 0.3) is 0 Å². The van der Waals surface area contributed by atoms with Gasteiger partial charge in [-0.1, -0.05) is 18.2 Å². The Kier molecular flexibility index (Phi) is 9.54. The van der Waals surface area contributed by atoms with E-state index in [1.807, 2.05) is 17.0 Å². The van der Waals surface area contributed by atoms with Crippen molar-refractivity contribution in [2.45, 2.75) is 50.3 Å². The lowest BCUT2D eigenvalue weighted by atomic mass is 9.75. The largest absolute Gasteiger partial charge is 0.491 e. The Hall–Kier alpha value is -2.52. The molecule has 0 bridgehead atoms. The molecule has 37 heavy (non-hydrogen) atoms. The maximum absolute atomic E-state index is 14.0. The number of hydrogen-bond acceptors (Lipinski definition) is 6. The summed E-state index contributed by atoms with van der Waals surface area (Å²) in [5.41, 5.74) is 1.36. The first kappa shape index (κ1) is 27.5. The smallest absolute Gasteiger partial charge is 0.230 e. The SMILES string of the molecule is COCCCc1cc(CN(C(=O)C2CNCC[C@]2(O)c2ccc(F)cc2)C2CC2)cc(OCCOC)c1. The number of carbonyl (C=O) groups is 1. The second kappa shape index (κ2) is 12.8. The van der Waals surface area contributed by atoms with Crippen LogP contribution in [0.2, 0.25) is 0 Å². The second-order valence-corrected chi connectivity index (χ2v) is 10.1. The molecule has 1 heterocycles. The normalized spacial score (nSPS) is 21.6. The molecular weight excluding hydrogens is 475 g/mol. The minimum absolute atomic E-state index is 0.0758. The average Bonchev–Trinajstić information content (AvgIpc) is 3.73. The second-order valence-electron chi connectivity index (χ2n) is 10.1. The number of aryl methyl sites for hydroxylation is 1. The summed E-state index contributed by atoms with van der Waals surface area (Å²) in [4.78, 5) is 15.9. The summed E-state index contributed by atoms with van der Waals surface area (Å²) < 4.78 is 29.9. The summed E-state index contributed by atoms with van der Waals surface area (Å²) in [6.07, 6.45) is 4.02. The third kappa shape index (κ3) is 7.08. The van der Waals surface area contributed by atoms with Crippen LogP contribution in [-0.4, -0.2) is 69.1 Å². The Morgan fingerprint density at radius 3 is 2.51 bits per heavy atom. The highest BCUT2D eigenvalue weighted by atomic mass is 19.1. The number of piperidine rings is 1. The monoisotopic (exact) mass is 514 g/mol. The highest BCUT2D eigenvalue weighted by Gasteiger charge is 2.48. The lowest BCUT2D eigenvalue weighted by Gasteiger charge is -2.42. The van der Waals surface area contributed by atoms with Crippen molar-refractivity contribution < 1.29 is 28.5 Å². The topological polar surface area (TPSA) is 80.3 Å². The molecule has 2 aromatic carbocycles. The molecule has 1 saturated heterocycles. The lowest BCUT2D eigenvalue weighted by molar-refractivity contribution is -0.150. The van der Waals surface area contributed by atoms with Crippen LogP contribution < -0.4 is 10.1 Å². The van der Waals surface area contributed by atoms with E-state index in [0.29, 0.717) is 51.4 Å². The van der Waals surface area contributed by atoms with Crippen molar-refractivity contribution in [3.63, 3.8) is 0 Å². The summed E-state index contributed by atoms with van der Waals surface area (Å²) in [6, 6.07) is 12.2. The predicted octanol–water partition coefficient (Wildman–Crippen LogP) is 3.42. The first-order valence-electron chi connectivity index (χ1n) is 13.2. The van der Waals surface area contributed by atoms with E-state index in [0.717, 1.165) is 42.6 Å². The molecule has 202 valence electrons. The molecule has 2 N–H and O–H groups in total. The molecule has 2 atom stereocenters. The van der Waals surface area contributed by atoms with Gasteiger partial charge < -0.3 is 29.5 Å². The molecule has 0 aromatic heterocycles. The number of amides is 1. The number of methoxy groups -OCH3 is 2. The minimum atomic E-state index is -1.35. The van der Waals surface area contributed by atoms with E-state index >= 15 is 0 Å². The summed E-state index contributed by atoms with van der Waals surface area (Å²) in [6.45, 7) is 3.02. The van der Waals surface area contributed by atoms with E-state index in [-0.39, 0.29) is 17.8 Å². The number of hydrogen-bond donors (Lipinski definition) is 2. The van der Waals surface area contributed by atoms with Crippen molar-refractivity contribution in [2.75, 3.05) is 47.1 Å². The van der Waals surface area contributed by atoms with Gasteiger partial charge in [-0.05, 0) is 79.6 Å². The molecule has 1 aliphatic carbocycles. The van der Waals surface area contributed by atoms with Gasteiger partial charge in [0.05, 0.1) is 12.5 Å². The molecule has 0 radical (unpaired) electrons. The minimum Gasteiger partial charge on any atom is -0.491 e. The Morgan fingerprint density at radius 1 is 1.08 bits per heavy atom. The van der Waals surface area contributed by atoms with Crippen LogP contribution in [0.5, 0.6) is 5.75 Å². The number of nitrogens with zero attached hydrogens (tertiary/aromatic N) is 1. The summed E-state index contributed by atoms with van der Waals surface area (Å²) >= 11 is 0. The quantitative estimate of drug-likeness (QED) is 0.399. The highest BCUT2D eigenvalue weighted by molar-refractivity contribution is 5.81. The molecule has 1 aliphatic heterocycles. The molecule has 2 fully saturated rings. The first-order valence-corrected chi connectivity index (χ1v) is 13.2. The lowest BCUT2D eigenvalue weighted by Crippen LogP contribution is -2.55. The fourth-order valence-electron chi connectivity index (χ4n) is 5.13. The van der Waals surface area contributed by atoms with Gasteiger partial charge in [0, 0.05) is 40.0 Å². The zero-order valence-electron chi connectivity index (χ0n) is 21.9. The number of ether oxygens (including phenoxy) is 3. The van der Waals surface area contributed by atoms with Gasteiger partial charge in [-0.25, -0.2) is 4.39 Å². The van der Waals surface area contributed by atoms with Gasteiger partial charge in [-0.2, -0.15) is 0 Å². The van der Waals surface area contributed by atoms with Crippen molar-refractivity contribution in [1.82, 2.24) is 10.2 Å². The average molecular weight is 515 g/mol. The summed E-state index contributed by atoms with van der Waals surface area (Å²) in [7, 11) is 3.34. The van der Waals surface area contributed by atoms with E-state index in [1.54, 1.807) is 26.4 Å². The van der Waals surface area contributed by atoms with Crippen molar-refractivity contribution in [1.29, 1.82) is 0 Å². The molecule has 8 heteroatoms. The van der Waals surface area contributed by atoms with Crippen LogP contribution in [0.1, 0.15) is 42.4 Å². The molecule has 7 nitrogen and oxygen atoms in total. The first-order chi connectivity index (χ1) is 17.9. The van der Waals surface area contributed by atoms with Crippen LogP contribution in [0.4, 0.5) is 4.39 Å². The number of benzene rings is 2. The molecule has 2 aromatic rings. The Morgan fingerprint density at radius 2 is 1.81 bits per heavy atom. The Labute approximate surface area is 218 Å². The van der Waals surface area contributed by atoms with Gasteiger partial charge in [0.2, 0.25) is 5.91 Å². The predicted molar refractivity (Wildman–Crippen MR) is 139 cm³/mol. The molecular formula is C29H39FN2O5. The molecule has 2 aliphatic rings. The fourth-order valence-corrected chi connectivity index (χ4v) is 5.13. The third-order valence-electron chi connectivity index (χ3n) is 7.27. The van der Waals surface area contributed by atoms with Gasteiger partial charge in [0.15, 0.2) is 0 Å². The van der Waals surface area contributed by atoms with Crippen LogP contribution >= 0.6 is 0 Å². The standard InChI is InChI=1S/C29H39FN2O5/c1-35-13-3-4-21-16-22(18-26(17-21)37-15-14-36-2)20-32(25-9-10-25)28(33)27-19-31-12-11-29(27,34)23-5-7-24(30)8-6-23/h5-8,16-18,25,27,31,34H,3-4,9-15,19-20H2,1-2H3/t27?,29-/m0/s1. The third-order valence-corrected chi connectivity index (χ3v) is 7.27. The van der Waals surface area contributed by atoms with Gasteiger partial charge in [-0.3, -0.25) is 4.79 Å². The number of nitrogens with one attached hydrogen (secondary N) is 1. The van der Waals surface area contributed by atoms with Crippen molar-refractivity contribution in [2.24, 2.45) is 5.92 Å². The molecule has 4 rings (SSSR count). The van der Waals surface area contributed by atoms with Gasteiger partial charge in [-0.15, -0.1) is 0 Å². The van der Waals surface area contributed by atoms with E-state index in [1.165, 1.54) is 12.1 Å². The number of carbonyl (C=O) groups excluding carboxylic acids is 1. The molecule has 1 unspecified atom stereocenters. The van der Waals surface area contributed by atoms with Crippen LogP contribution in [0.25, 0.3) is 0 Å². The van der Waals surface area contributed by atoms with Crippen molar-refractivity contribution >= 4 is 5.91 Å². The molecule has 0 spiro atoms. The van der Waals surface area contributed by atoms with Crippen LogP contribution in [0.3, 0.4) is 0 Å². The van der Waals surface area contributed by atoms with Gasteiger partial charge >= 0.3 is 0 Å². The van der Waals surface area contributed by atoms with E-state index < -0.39 is 11.5 Å². The molecule has 1 amide bonds. The number of rotatable bonds is 13. The summed E-state index contributed by atoms with van der Waals surface area (Å²) in [5, 5.41) is 15.0. The van der Waals surface area contributed by atoms with E-state index in [4.69, 9.17) is 14.2 Å². The maximum atomic E-state index is 14.0. The van der Waals surface area contributed by atoms with Crippen molar-refractivity contribution in [3.05, 3.63) is 65.0 Å². The zero-order chi connectivity index (χ0) is 26.3. The maximum Gasteiger partial charge on any atom is 0.230 e. The van der Waals surface area contributed by atoms with E-state index in [9.17, 15) is 14.3 Å². The Bertz CT molecular complexity index is 1000. The van der Waals surface area contributed by atoms with Gasteiger partial charge in [0.1, 0.15) is 23.8 Å². The van der Waals surface area contributed by atoms with Crippen LogP contribution in [-0.2, 0) is 32.8 Å². The van der Waals surface area contributed by atoms with E-state index in [2.05, 4.69) is 11.4 Å². The highest BCUT2D eigenvalue weighted by Crippen LogP contribution is 2.39. The van der Waals surface area contributed by atoms with Crippen LogP contribution in [0, 0.1) is 11.7 Å². The fraction of sp³-hybridized carbons (Fsp3) is 0.552. The summed E-state index contributed by atoms with van der Waals surface area (Å²) in [5.74, 6) is -0.340. The number of aliphatic hydroxyl groups is 1. The number of halogens is 1. The van der Waals surface area contributed by atoms with Crippen LogP contribution in [0.15, 0.2) is 42.5 Å². The zero-order valence-corrected chi connectivity index (χ0v) is 21.9. The molecule has 1 saturated carbocycles.